The van der Waals surface area contributed by atoms with Gasteiger partial charge < -0.3 is 10.1 Å². The Hall–Kier alpha value is -2.12. The average Bonchev–Trinajstić information content (AvgIpc) is 2.40. The molecule has 0 radical (unpaired) electrons. The Kier molecular flexibility index (Phi) is 3.53. The SMILES string of the molecule is CNC(C#N)COc1cccc2cccnc12. The molecule has 1 heterocycles. The highest BCUT2D eigenvalue weighted by molar-refractivity contribution is 5.84. The lowest BCUT2D eigenvalue weighted by Crippen LogP contribution is -2.29. The van der Waals surface area contributed by atoms with Crippen LogP contribution in [0.2, 0.25) is 0 Å². The third-order valence-electron chi connectivity index (χ3n) is 2.51. The fraction of sp³-hybridized carbons (Fsp3) is 0.231. The van der Waals surface area contributed by atoms with Crippen LogP contribution in [0.4, 0.5) is 0 Å². The topological polar surface area (TPSA) is 57.9 Å². The number of rotatable bonds is 4. The largest absolute Gasteiger partial charge is 0.489 e. The van der Waals surface area contributed by atoms with Gasteiger partial charge in [-0.1, -0.05) is 18.2 Å². The molecule has 0 spiro atoms. The zero-order valence-electron chi connectivity index (χ0n) is 9.55. The number of fused-ring (bicyclic) bond motifs is 1. The van der Waals surface area contributed by atoms with Gasteiger partial charge in [-0.2, -0.15) is 5.26 Å². The number of benzene rings is 1. The summed E-state index contributed by atoms with van der Waals surface area (Å²) in [5, 5.41) is 12.7. The number of nitrogens with one attached hydrogen (secondary N) is 1. The summed E-state index contributed by atoms with van der Waals surface area (Å²) in [6, 6.07) is 11.4. The van der Waals surface area contributed by atoms with Crippen molar-refractivity contribution in [2.24, 2.45) is 0 Å². The van der Waals surface area contributed by atoms with Crippen molar-refractivity contribution < 1.29 is 4.74 Å². The van der Waals surface area contributed by atoms with E-state index >= 15 is 0 Å². The van der Waals surface area contributed by atoms with Gasteiger partial charge >= 0.3 is 0 Å². The van der Waals surface area contributed by atoms with Gasteiger partial charge in [0.15, 0.2) is 0 Å². The first-order valence-electron chi connectivity index (χ1n) is 5.38. The summed E-state index contributed by atoms with van der Waals surface area (Å²) in [5.74, 6) is 0.707. The summed E-state index contributed by atoms with van der Waals surface area (Å²) in [4.78, 5) is 4.28. The molecule has 0 aliphatic carbocycles. The second-order valence-electron chi connectivity index (χ2n) is 3.61. The zero-order chi connectivity index (χ0) is 12.1. The van der Waals surface area contributed by atoms with Crippen molar-refractivity contribution in [2.45, 2.75) is 6.04 Å². The molecular weight excluding hydrogens is 214 g/mol. The molecule has 0 fully saturated rings. The number of aromatic nitrogens is 1. The number of hydrogen-bond acceptors (Lipinski definition) is 4. The van der Waals surface area contributed by atoms with Crippen molar-refractivity contribution in [2.75, 3.05) is 13.7 Å². The second-order valence-corrected chi connectivity index (χ2v) is 3.61. The summed E-state index contributed by atoms with van der Waals surface area (Å²) in [5.41, 5.74) is 0.822. The fourth-order valence-electron chi connectivity index (χ4n) is 1.55. The number of hydrogen-bond donors (Lipinski definition) is 1. The van der Waals surface area contributed by atoms with Gasteiger partial charge in [-0.3, -0.25) is 4.98 Å². The molecule has 17 heavy (non-hydrogen) atoms. The quantitative estimate of drug-likeness (QED) is 0.864. The molecule has 1 aromatic carbocycles. The van der Waals surface area contributed by atoms with E-state index in [0.717, 1.165) is 10.9 Å². The molecule has 1 unspecified atom stereocenters. The molecule has 0 amide bonds. The Morgan fingerprint density at radius 2 is 2.24 bits per heavy atom. The lowest BCUT2D eigenvalue weighted by atomic mass is 10.2. The minimum absolute atomic E-state index is 0.308. The maximum absolute atomic E-state index is 8.81. The standard InChI is InChI=1S/C13H13N3O/c1-15-11(8-14)9-17-12-6-2-4-10-5-3-7-16-13(10)12/h2-7,11,15H,9H2,1H3. The smallest absolute Gasteiger partial charge is 0.145 e. The van der Waals surface area contributed by atoms with Crippen LogP contribution in [0.15, 0.2) is 36.5 Å². The molecule has 0 aliphatic rings. The lowest BCUT2D eigenvalue weighted by molar-refractivity contribution is 0.297. The minimum Gasteiger partial charge on any atom is -0.489 e. The van der Waals surface area contributed by atoms with Crippen LogP contribution in [-0.2, 0) is 0 Å². The molecule has 2 rings (SSSR count). The van der Waals surface area contributed by atoms with Crippen LogP contribution in [0.1, 0.15) is 0 Å². The molecule has 1 N–H and O–H groups in total. The molecule has 86 valence electrons. The number of nitriles is 1. The van der Waals surface area contributed by atoms with Crippen LogP contribution in [-0.4, -0.2) is 24.7 Å². The predicted molar refractivity (Wildman–Crippen MR) is 65.7 cm³/mol. The van der Waals surface area contributed by atoms with Gasteiger partial charge in [-0.15, -0.1) is 0 Å². The van der Waals surface area contributed by atoms with E-state index in [2.05, 4.69) is 16.4 Å². The maximum Gasteiger partial charge on any atom is 0.145 e. The van der Waals surface area contributed by atoms with Crippen LogP contribution >= 0.6 is 0 Å². The van der Waals surface area contributed by atoms with Crippen molar-refractivity contribution in [1.82, 2.24) is 10.3 Å². The fourth-order valence-corrected chi connectivity index (χ4v) is 1.55. The number of para-hydroxylation sites is 1. The van der Waals surface area contributed by atoms with Crippen LogP contribution in [0, 0.1) is 11.3 Å². The van der Waals surface area contributed by atoms with Gasteiger partial charge in [-0.05, 0) is 19.2 Å². The molecular formula is C13H13N3O. The van der Waals surface area contributed by atoms with E-state index in [0.29, 0.717) is 12.4 Å². The molecule has 4 heteroatoms. The Morgan fingerprint density at radius 1 is 1.41 bits per heavy atom. The monoisotopic (exact) mass is 227 g/mol. The highest BCUT2D eigenvalue weighted by Gasteiger charge is 2.07. The van der Waals surface area contributed by atoms with Gasteiger partial charge in [0.1, 0.15) is 23.9 Å². The Balaban J connectivity index is 2.22. The van der Waals surface area contributed by atoms with Gasteiger partial charge in [0.05, 0.1) is 6.07 Å². The molecule has 0 saturated carbocycles. The van der Waals surface area contributed by atoms with E-state index in [1.165, 1.54) is 0 Å². The third-order valence-corrected chi connectivity index (χ3v) is 2.51. The van der Waals surface area contributed by atoms with E-state index in [-0.39, 0.29) is 6.04 Å². The molecule has 0 aliphatic heterocycles. The van der Waals surface area contributed by atoms with Crippen LogP contribution < -0.4 is 10.1 Å². The predicted octanol–water partition coefficient (Wildman–Crippen LogP) is 1.73. The van der Waals surface area contributed by atoms with E-state index in [1.807, 2.05) is 30.3 Å². The average molecular weight is 227 g/mol. The molecule has 4 nitrogen and oxygen atoms in total. The Labute approximate surface area is 99.8 Å². The van der Waals surface area contributed by atoms with E-state index < -0.39 is 0 Å². The minimum atomic E-state index is -0.311. The number of likely N-dealkylation sites (N-methyl/N-ethyl adjacent to an activating group) is 1. The van der Waals surface area contributed by atoms with E-state index in [9.17, 15) is 0 Å². The van der Waals surface area contributed by atoms with Crippen LogP contribution in [0.3, 0.4) is 0 Å². The summed E-state index contributed by atoms with van der Waals surface area (Å²) in [7, 11) is 1.73. The first kappa shape index (κ1) is 11.4. The molecule has 1 atom stereocenters. The van der Waals surface area contributed by atoms with Gasteiger partial charge in [0.2, 0.25) is 0 Å². The number of ether oxygens (including phenoxy) is 1. The van der Waals surface area contributed by atoms with Crippen LogP contribution in [0.5, 0.6) is 5.75 Å². The molecule has 0 saturated heterocycles. The van der Waals surface area contributed by atoms with Gasteiger partial charge in [-0.25, -0.2) is 0 Å². The Bertz CT molecular complexity index is 542. The number of nitrogens with zero attached hydrogens (tertiary/aromatic N) is 2. The van der Waals surface area contributed by atoms with Crippen LogP contribution in [0.25, 0.3) is 10.9 Å². The van der Waals surface area contributed by atoms with Crippen molar-refractivity contribution in [3.05, 3.63) is 36.5 Å². The lowest BCUT2D eigenvalue weighted by Gasteiger charge is -2.11. The highest BCUT2D eigenvalue weighted by Crippen LogP contribution is 2.22. The summed E-state index contributed by atoms with van der Waals surface area (Å²) in [6.45, 7) is 0.308. The van der Waals surface area contributed by atoms with E-state index in [4.69, 9.17) is 10.00 Å². The van der Waals surface area contributed by atoms with Crippen molar-refractivity contribution in [3.63, 3.8) is 0 Å². The number of pyridine rings is 1. The van der Waals surface area contributed by atoms with Gasteiger partial charge in [0, 0.05) is 11.6 Å². The maximum atomic E-state index is 8.81. The van der Waals surface area contributed by atoms with Crippen molar-refractivity contribution in [1.29, 1.82) is 5.26 Å². The third kappa shape index (κ3) is 2.52. The summed E-state index contributed by atoms with van der Waals surface area (Å²) < 4.78 is 5.62. The summed E-state index contributed by atoms with van der Waals surface area (Å²) >= 11 is 0. The molecule has 1 aromatic heterocycles. The first-order valence-corrected chi connectivity index (χ1v) is 5.38. The molecule has 2 aromatic rings. The molecule has 0 bridgehead atoms. The van der Waals surface area contributed by atoms with Crippen molar-refractivity contribution >= 4 is 10.9 Å². The first-order chi connectivity index (χ1) is 8.35. The van der Waals surface area contributed by atoms with Crippen molar-refractivity contribution in [3.8, 4) is 11.8 Å². The van der Waals surface area contributed by atoms with Gasteiger partial charge in [0.25, 0.3) is 0 Å². The zero-order valence-corrected chi connectivity index (χ0v) is 9.55. The summed E-state index contributed by atoms with van der Waals surface area (Å²) in [6.07, 6.45) is 1.73. The second kappa shape index (κ2) is 5.28. The Morgan fingerprint density at radius 3 is 3.00 bits per heavy atom. The highest BCUT2D eigenvalue weighted by atomic mass is 16.5. The normalized spacial score (nSPS) is 12.0. The van der Waals surface area contributed by atoms with E-state index in [1.54, 1.807) is 13.2 Å².